The third kappa shape index (κ3) is 6.53. The molecule has 0 aliphatic heterocycles. The molecule has 0 bridgehead atoms. The lowest BCUT2D eigenvalue weighted by Crippen LogP contribution is -2.28. The van der Waals surface area contributed by atoms with Crippen LogP contribution in [0, 0.1) is 12.8 Å². The van der Waals surface area contributed by atoms with E-state index in [9.17, 15) is 0 Å². The van der Waals surface area contributed by atoms with Crippen LogP contribution in [0.25, 0.3) is 0 Å². The summed E-state index contributed by atoms with van der Waals surface area (Å²) in [6.07, 6.45) is 2.46. The van der Waals surface area contributed by atoms with Crippen LogP contribution >= 0.6 is 0 Å². The van der Waals surface area contributed by atoms with Crippen molar-refractivity contribution in [2.75, 3.05) is 26.7 Å². The number of benzene rings is 1. The van der Waals surface area contributed by atoms with E-state index in [2.05, 4.69) is 69.2 Å². The predicted molar refractivity (Wildman–Crippen MR) is 89.2 cm³/mol. The molecule has 0 heterocycles. The third-order valence-corrected chi connectivity index (χ3v) is 3.82. The summed E-state index contributed by atoms with van der Waals surface area (Å²) in [6, 6.07) is 9.42. The van der Waals surface area contributed by atoms with Crippen molar-refractivity contribution in [3.63, 3.8) is 0 Å². The van der Waals surface area contributed by atoms with Crippen LogP contribution in [0.3, 0.4) is 0 Å². The molecule has 2 nitrogen and oxygen atoms in total. The van der Waals surface area contributed by atoms with Gasteiger partial charge in [0.2, 0.25) is 0 Å². The van der Waals surface area contributed by atoms with Crippen molar-refractivity contribution in [1.82, 2.24) is 10.2 Å². The Morgan fingerprint density at radius 3 is 2.20 bits per heavy atom. The van der Waals surface area contributed by atoms with Crippen LogP contribution in [0.4, 0.5) is 0 Å². The summed E-state index contributed by atoms with van der Waals surface area (Å²) in [5, 5.41) is 3.61. The second-order valence-electron chi connectivity index (χ2n) is 6.30. The fourth-order valence-electron chi connectivity index (χ4n) is 2.37. The number of rotatable bonds is 9. The van der Waals surface area contributed by atoms with Gasteiger partial charge in [-0.15, -0.1) is 0 Å². The lowest BCUT2D eigenvalue weighted by molar-refractivity contribution is 0.290. The fourth-order valence-corrected chi connectivity index (χ4v) is 2.37. The quantitative estimate of drug-likeness (QED) is 0.733. The van der Waals surface area contributed by atoms with Gasteiger partial charge in [-0.3, -0.25) is 0 Å². The van der Waals surface area contributed by atoms with Gasteiger partial charge in [0.15, 0.2) is 0 Å². The molecule has 114 valence electrons. The summed E-state index contributed by atoms with van der Waals surface area (Å²) in [4.78, 5) is 2.46. The van der Waals surface area contributed by atoms with E-state index in [1.54, 1.807) is 0 Å². The van der Waals surface area contributed by atoms with Gasteiger partial charge in [0.05, 0.1) is 0 Å². The van der Waals surface area contributed by atoms with Gasteiger partial charge >= 0.3 is 0 Å². The molecule has 1 N–H and O–H groups in total. The molecule has 0 aliphatic rings. The summed E-state index contributed by atoms with van der Waals surface area (Å²) in [5.41, 5.74) is 2.74. The SMILES string of the molecule is CCNC(CCN(C)CCC(C)C)c1ccc(C)cc1. The number of aryl methyl sites for hydroxylation is 1. The van der Waals surface area contributed by atoms with Gasteiger partial charge in [0.25, 0.3) is 0 Å². The lowest BCUT2D eigenvalue weighted by atomic mass is 10.0. The molecule has 1 atom stereocenters. The molecule has 20 heavy (non-hydrogen) atoms. The number of nitrogens with one attached hydrogen (secondary N) is 1. The summed E-state index contributed by atoms with van der Waals surface area (Å²) in [7, 11) is 2.24. The Kier molecular flexibility index (Phi) is 7.86. The topological polar surface area (TPSA) is 15.3 Å². The minimum absolute atomic E-state index is 0.474. The van der Waals surface area contributed by atoms with Gasteiger partial charge in [0.1, 0.15) is 0 Å². The highest BCUT2D eigenvalue weighted by Crippen LogP contribution is 2.18. The smallest absolute Gasteiger partial charge is 0.0332 e. The largest absolute Gasteiger partial charge is 0.310 e. The highest BCUT2D eigenvalue weighted by Gasteiger charge is 2.11. The molecule has 0 saturated carbocycles. The predicted octanol–water partition coefficient (Wildman–Crippen LogP) is 4.01. The average molecular weight is 276 g/mol. The molecule has 0 fully saturated rings. The number of hydrogen-bond donors (Lipinski definition) is 1. The summed E-state index contributed by atoms with van der Waals surface area (Å²) >= 11 is 0. The zero-order valence-corrected chi connectivity index (χ0v) is 13.9. The van der Waals surface area contributed by atoms with E-state index in [-0.39, 0.29) is 0 Å². The van der Waals surface area contributed by atoms with E-state index in [0.29, 0.717) is 6.04 Å². The average Bonchev–Trinajstić information content (AvgIpc) is 2.42. The Morgan fingerprint density at radius 2 is 1.65 bits per heavy atom. The zero-order valence-electron chi connectivity index (χ0n) is 13.9. The van der Waals surface area contributed by atoms with Crippen LogP contribution in [0.1, 0.15) is 50.8 Å². The van der Waals surface area contributed by atoms with Crippen molar-refractivity contribution in [3.8, 4) is 0 Å². The first-order valence-corrected chi connectivity index (χ1v) is 8.01. The van der Waals surface area contributed by atoms with E-state index in [1.165, 1.54) is 30.5 Å². The van der Waals surface area contributed by atoms with Gasteiger partial charge in [-0.2, -0.15) is 0 Å². The molecule has 1 aromatic carbocycles. The van der Waals surface area contributed by atoms with Crippen LogP contribution in [-0.4, -0.2) is 31.6 Å². The number of nitrogens with zero attached hydrogens (tertiary/aromatic N) is 1. The van der Waals surface area contributed by atoms with Crippen molar-refractivity contribution in [1.29, 1.82) is 0 Å². The van der Waals surface area contributed by atoms with Crippen LogP contribution in [-0.2, 0) is 0 Å². The first-order valence-electron chi connectivity index (χ1n) is 8.01. The summed E-state index contributed by atoms with van der Waals surface area (Å²) < 4.78 is 0. The maximum absolute atomic E-state index is 3.61. The second kappa shape index (κ2) is 9.15. The molecule has 0 radical (unpaired) electrons. The maximum Gasteiger partial charge on any atom is 0.0332 e. The molecular formula is C18H32N2. The molecule has 0 saturated heterocycles. The van der Waals surface area contributed by atoms with E-state index in [1.807, 2.05) is 0 Å². The van der Waals surface area contributed by atoms with Gasteiger partial charge < -0.3 is 10.2 Å². The highest BCUT2D eigenvalue weighted by molar-refractivity contribution is 5.24. The molecule has 0 amide bonds. The third-order valence-electron chi connectivity index (χ3n) is 3.82. The Balaban J connectivity index is 2.48. The molecular weight excluding hydrogens is 244 g/mol. The highest BCUT2D eigenvalue weighted by atomic mass is 15.1. The Bertz CT molecular complexity index is 356. The van der Waals surface area contributed by atoms with E-state index >= 15 is 0 Å². The molecule has 0 aromatic heterocycles. The van der Waals surface area contributed by atoms with Crippen LogP contribution in [0.15, 0.2) is 24.3 Å². The number of hydrogen-bond acceptors (Lipinski definition) is 2. The van der Waals surface area contributed by atoms with Crippen molar-refractivity contribution >= 4 is 0 Å². The Hall–Kier alpha value is -0.860. The van der Waals surface area contributed by atoms with E-state index in [0.717, 1.165) is 19.0 Å². The van der Waals surface area contributed by atoms with Gasteiger partial charge in [-0.1, -0.05) is 50.6 Å². The molecule has 0 aliphatic carbocycles. The van der Waals surface area contributed by atoms with E-state index in [4.69, 9.17) is 0 Å². The Labute approximate surface area is 125 Å². The van der Waals surface area contributed by atoms with E-state index < -0.39 is 0 Å². The molecule has 0 spiro atoms. The Morgan fingerprint density at radius 1 is 1.05 bits per heavy atom. The minimum Gasteiger partial charge on any atom is -0.310 e. The van der Waals surface area contributed by atoms with Gasteiger partial charge in [-0.05, 0) is 57.9 Å². The second-order valence-corrected chi connectivity index (χ2v) is 6.30. The van der Waals surface area contributed by atoms with Crippen molar-refractivity contribution in [2.45, 2.75) is 46.6 Å². The van der Waals surface area contributed by atoms with Crippen molar-refractivity contribution < 1.29 is 0 Å². The first kappa shape index (κ1) is 17.2. The molecule has 2 heteroatoms. The molecule has 1 rings (SSSR count). The zero-order chi connectivity index (χ0) is 15.0. The maximum atomic E-state index is 3.61. The van der Waals surface area contributed by atoms with Crippen LogP contribution in [0.2, 0.25) is 0 Å². The van der Waals surface area contributed by atoms with Crippen LogP contribution < -0.4 is 5.32 Å². The first-order chi connectivity index (χ1) is 9.52. The monoisotopic (exact) mass is 276 g/mol. The van der Waals surface area contributed by atoms with Crippen molar-refractivity contribution in [3.05, 3.63) is 35.4 Å². The van der Waals surface area contributed by atoms with Gasteiger partial charge in [0, 0.05) is 6.04 Å². The standard InChI is InChI=1S/C18H32N2/c1-6-19-18(17-9-7-16(4)8-10-17)12-14-20(5)13-11-15(2)3/h7-10,15,18-19H,6,11-14H2,1-5H3. The summed E-state index contributed by atoms with van der Waals surface area (Å²) in [6.45, 7) is 12.3. The van der Waals surface area contributed by atoms with Crippen molar-refractivity contribution in [2.24, 2.45) is 5.92 Å². The normalized spacial score (nSPS) is 13.2. The fraction of sp³-hybridized carbons (Fsp3) is 0.667. The lowest BCUT2D eigenvalue weighted by Gasteiger charge is -2.23. The molecule has 1 aromatic rings. The van der Waals surface area contributed by atoms with Gasteiger partial charge in [-0.25, -0.2) is 0 Å². The minimum atomic E-state index is 0.474. The summed E-state index contributed by atoms with van der Waals surface area (Å²) in [5.74, 6) is 0.791. The van der Waals surface area contributed by atoms with Crippen LogP contribution in [0.5, 0.6) is 0 Å². The molecule has 1 unspecified atom stereocenters.